The minimum atomic E-state index is -1.05. The molecule has 3 amide bonds. The SMILES string of the molecule is Cc1cc(C)cc(N(C(=O)c2snc(C(N)=O)c2N)[C@H](C(=O)NC[C@H]2CCCO2)c2ccc(N(C)C)cc2)c1. The molecule has 1 aliphatic rings. The van der Waals surface area contributed by atoms with Crippen molar-refractivity contribution in [3.05, 3.63) is 69.7 Å². The molecule has 0 bridgehead atoms. The molecule has 2 aromatic carbocycles. The van der Waals surface area contributed by atoms with E-state index in [4.69, 9.17) is 16.2 Å². The Bertz CT molecular complexity index is 1340. The number of nitrogens with zero attached hydrogens (tertiary/aromatic N) is 3. The second kappa shape index (κ2) is 11.8. The summed E-state index contributed by atoms with van der Waals surface area (Å²) in [5.41, 5.74) is 15.2. The van der Waals surface area contributed by atoms with Gasteiger partial charge in [-0.25, -0.2) is 0 Å². The lowest BCUT2D eigenvalue weighted by Crippen LogP contribution is -2.45. The van der Waals surface area contributed by atoms with E-state index in [0.29, 0.717) is 24.4 Å². The number of hydrogen-bond donors (Lipinski definition) is 3. The molecule has 10 nitrogen and oxygen atoms in total. The molecule has 1 saturated heterocycles. The molecule has 3 aromatic rings. The molecule has 2 heterocycles. The third-order valence-electron chi connectivity index (χ3n) is 6.62. The number of hydrogen-bond acceptors (Lipinski definition) is 8. The summed E-state index contributed by atoms with van der Waals surface area (Å²) in [5, 5.41) is 3.00. The highest BCUT2D eigenvalue weighted by atomic mass is 32.1. The highest BCUT2D eigenvalue weighted by molar-refractivity contribution is 7.09. The molecule has 0 radical (unpaired) electrons. The van der Waals surface area contributed by atoms with Crippen LogP contribution in [0, 0.1) is 13.8 Å². The predicted octanol–water partition coefficient (Wildman–Crippen LogP) is 3.19. The number of rotatable bonds is 9. The standard InChI is InChI=1S/C28H34N6O4S/c1-16-12-17(2)14-20(13-16)34(28(37)25-22(29)23(26(30)35)32-39-25)24(18-7-9-19(10-8-18)33(3)4)27(36)31-15-21-6-5-11-38-21/h7-10,12-14,21,24H,5-6,11,15,29H2,1-4H3,(H2,30,35)(H,31,36)/t21-,24+/m1/s1. The first-order chi connectivity index (χ1) is 18.6. The molecule has 1 aromatic heterocycles. The number of nitrogen functional groups attached to an aromatic ring is 1. The molecule has 5 N–H and O–H groups in total. The molecule has 1 aliphatic heterocycles. The first kappa shape index (κ1) is 28.1. The van der Waals surface area contributed by atoms with Crippen molar-refractivity contribution in [3.8, 4) is 0 Å². The maximum Gasteiger partial charge on any atom is 0.273 e. The number of carbonyl (C=O) groups is 3. The van der Waals surface area contributed by atoms with Crippen LogP contribution in [-0.2, 0) is 9.53 Å². The zero-order valence-corrected chi connectivity index (χ0v) is 23.4. The Labute approximate surface area is 232 Å². The molecule has 0 aliphatic carbocycles. The third kappa shape index (κ3) is 6.21. The zero-order chi connectivity index (χ0) is 28.3. The quantitative estimate of drug-likeness (QED) is 0.371. The van der Waals surface area contributed by atoms with Gasteiger partial charge < -0.3 is 26.4 Å². The van der Waals surface area contributed by atoms with E-state index < -0.39 is 17.9 Å². The Morgan fingerprint density at radius 1 is 1.10 bits per heavy atom. The van der Waals surface area contributed by atoms with Gasteiger partial charge in [0.2, 0.25) is 5.91 Å². The number of amides is 3. The summed E-state index contributed by atoms with van der Waals surface area (Å²) in [6.07, 6.45) is 1.72. The number of anilines is 3. The number of aromatic nitrogens is 1. The molecule has 4 rings (SSSR count). The summed E-state index contributed by atoms with van der Waals surface area (Å²) in [5.74, 6) is -1.75. The number of nitrogens with one attached hydrogen (secondary N) is 1. The van der Waals surface area contributed by atoms with Crippen LogP contribution >= 0.6 is 11.5 Å². The van der Waals surface area contributed by atoms with Gasteiger partial charge in [0.15, 0.2) is 5.69 Å². The van der Waals surface area contributed by atoms with Crippen LogP contribution in [0.25, 0.3) is 0 Å². The molecule has 2 atom stereocenters. The second-order valence-electron chi connectivity index (χ2n) is 9.93. The Balaban J connectivity index is 1.85. The van der Waals surface area contributed by atoms with Gasteiger partial charge >= 0.3 is 0 Å². The molecule has 39 heavy (non-hydrogen) atoms. The minimum absolute atomic E-state index is 0.0322. The maximum atomic E-state index is 14.2. The van der Waals surface area contributed by atoms with Crippen LogP contribution in [0.1, 0.15) is 55.7 Å². The maximum absolute atomic E-state index is 14.2. The fourth-order valence-corrected chi connectivity index (χ4v) is 5.44. The first-order valence-electron chi connectivity index (χ1n) is 12.7. The lowest BCUT2D eigenvalue weighted by molar-refractivity contribution is -0.123. The Morgan fingerprint density at radius 3 is 2.31 bits per heavy atom. The Morgan fingerprint density at radius 2 is 1.77 bits per heavy atom. The van der Waals surface area contributed by atoms with Crippen molar-refractivity contribution in [2.45, 2.75) is 38.8 Å². The lowest BCUT2D eigenvalue weighted by Gasteiger charge is -2.32. The molecule has 206 valence electrons. The predicted molar refractivity (Wildman–Crippen MR) is 153 cm³/mol. The largest absolute Gasteiger partial charge is 0.395 e. The van der Waals surface area contributed by atoms with Crippen LogP contribution in [0.2, 0.25) is 0 Å². The van der Waals surface area contributed by atoms with Crippen molar-refractivity contribution in [2.24, 2.45) is 5.73 Å². The van der Waals surface area contributed by atoms with Gasteiger partial charge in [-0.3, -0.25) is 19.3 Å². The van der Waals surface area contributed by atoms with Crippen molar-refractivity contribution >= 4 is 46.3 Å². The summed E-state index contributed by atoms with van der Waals surface area (Å²) in [6.45, 7) is 4.83. The van der Waals surface area contributed by atoms with E-state index in [1.165, 1.54) is 4.90 Å². The van der Waals surface area contributed by atoms with Gasteiger partial charge in [0, 0.05) is 38.6 Å². The number of aryl methyl sites for hydroxylation is 2. The Kier molecular flexibility index (Phi) is 8.51. The summed E-state index contributed by atoms with van der Waals surface area (Å²) in [7, 11) is 3.85. The van der Waals surface area contributed by atoms with Crippen LogP contribution in [0.4, 0.5) is 17.1 Å². The number of ether oxygens (including phenoxy) is 1. The fraction of sp³-hybridized carbons (Fsp3) is 0.357. The molecule has 0 saturated carbocycles. The van der Waals surface area contributed by atoms with Gasteiger partial charge in [0.05, 0.1) is 11.8 Å². The number of benzene rings is 2. The zero-order valence-electron chi connectivity index (χ0n) is 22.6. The van der Waals surface area contributed by atoms with Crippen molar-refractivity contribution < 1.29 is 19.1 Å². The molecule has 0 unspecified atom stereocenters. The van der Waals surface area contributed by atoms with E-state index in [1.807, 2.05) is 75.3 Å². The number of nitrogens with two attached hydrogens (primary N) is 2. The third-order valence-corrected chi connectivity index (χ3v) is 7.47. The smallest absolute Gasteiger partial charge is 0.273 e. The van der Waals surface area contributed by atoms with Gasteiger partial charge in [-0.05, 0) is 79.2 Å². The highest BCUT2D eigenvalue weighted by Crippen LogP contribution is 2.34. The summed E-state index contributed by atoms with van der Waals surface area (Å²) >= 11 is 0.783. The lowest BCUT2D eigenvalue weighted by atomic mass is 10.0. The van der Waals surface area contributed by atoms with E-state index >= 15 is 0 Å². The van der Waals surface area contributed by atoms with Crippen LogP contribution in [0.3, 0.4) is 0 Å². The van der Waals surface area contributed by atoms with Crippen molar-refractivity contribution in [1.82, 2.24) is 9.69 Å². The van der Waals surface area contributed by atoms with Crippen LogP contribution in [0.15, 0.2) is 42.5 Å². The number of carbonyl (C=O) groups excluding carboxylic acids is 3. The highest BCUT2D eigenvalue weighted by Gasteiger charge is 2.36. The first-order valence-corrected chi connectivity index (χ1v) is 13.5. The van der Waals surface area contributed by atoms with E-state index in [9.17, 15) is 14.4 Å². The van der Waals surface area contributed by atoms with Crippen molar-refractivity contribution in [3.63, 3.8) is 0 Å². The van der Waals surface area contributed by atoms with E-state index in [2.05, 4.69) is 9.69 Å². The van der Waals surface area contributed by atoms with E-state index in [1.54, 1.807) is 0 Å². The number of primary amides is 1. The minimum Gasteiger partial charge on any atom is -0.395 e. The van der Waals surface area contributed by atoms with Crippen LogP contribution in [0.5, 0.6) is 0 Å². The molecular weight excluding hydrogens is 516 g/mol. The topological polar surface area (TPSA) is 144 Å². The van der Waals surface area contributed by atoms with Crippen molar-refractivity contribution in [2.75, 3.05) is 42.8 Å². The van der Waals surface area contributed by atoms with Crippen LogP contribution in [-0.4, -0.2) is 55.4 Å². The second-order valence-corrected chi connectivity index (χ2v) is 10.7. The molecular formula is C28H34N6O4S. The summed E-state index contributed by atoms with van der Waals surface area (Å²) < 4.78 is 9.71. The summed E-state index contributed by atoms with van der Waals surface area (Å²) in [4.78, 5) is 43.4. The van der Waals surface area contributed by atoms with Gasteiger partial charge in [-0.2, -0.15) is 4.37 Å². The van der Waals surface area contributed by atoms with Gasteiger partial charge in [0.1, 0.15) is 10.9 Å². The Hall–Kier alpha value is -3.96. The fourth-order valence-electron chi connectivity index (χ4n) is 4.70. The van der Waals surface area contributed by atoms with Crippen molar-refractivity contribution in [1.29, 1.82) is 0 Å². The van der Waals surface area contributed by atoms with E-state index in [-0.39, 0.29) is 28.3 Å². The monoisotopic (exact) mass is 550 g/mol. The van der Waals surface area contributed by atoms with Gasteiger partial charge in [-0.15, -0.1) is 0 Å². The normalized spacial score (nSPS) is 15.5. The van der Waals surface area contributed by atoms with Crippen LogP contribution < -0.4 is 26.6 Å². The summed E-state index contributed by atoms with van der Waals surface area (Å²) in [6, 6.07) is 12.1. The van der Waals surface area contributed by atoms with Gasteiger partial charge in [-0.1, -0.05) is 18.2 Å². The average Bonchev–Trinajstić information content (AvgIpc) is 3.54. The molecule has 11 heteroatoms. The molecule has 0 spiro atoms. The van der Waals surface area contributed by atoms with E-state index in [0.717, 1.165) is 41.2 Å². The van der Waals surface area contributed by atoms with Gasteiger partial charge in [0.25, 0.3) is 11.8 Å². The average molecular weight is 551 g/mol. The molecule has 1 fully saturated rings.